The highest BCUT2D eigenvalue weighted by molar-refractivity contribution is 9.10. The van der Waals surface area contributed by atoms with Crippen molar-refractivity contribution in [2.24, 2.45) is 0 Å². The van der Waals surface area contributed by atoms with Crippen molar-refractivity contribution >= 4 is 21.6 Å². The van der Waals surface area contributed by atoms with Crippen LogP contribution in [0.25, 0.3) is 0 Å². The zero-order valence-corrected chi connectivity index (χ0v) is 11.2. The molecule has 0 aliphatic carbocycles. The standard InChI is InChI=1S/C10H15BrN4O2/c1-17-3-2-15-10(16)9(11)8(6-13-15)14-7-4-12-5-7/h6-7,12,14H,2-5H2,1H3. The van der Waals surface area contributed by atoms with Gasteiger partial charge in [0.15, 0.2) is 0 Å². The van der Waals surface area contributed by atoms with Gasteiger partial charge in [0.1, 0.15) is 4.47 Å². The second-order valence-electron chi connectivity index (χ2n) is 3.89. The number of aromatic nitrogens is 2. The van der Waals surface area contributed by atoms with Crippen molar-refractivity contribution < 1.29 is 4.74 Å². The second-order valence-corrected chi connectivity index (χ2v) is 4.69. The van der Waals surface area contributed by atoms with E-state index in [1.165, 1.54) is 4.68 Å². The molecule has 0 amide bonds. The van der Waals surface area contributed by atoms with Crippen molar-refractivity contribution in [2.45, 2.75) is 12.6 Å². The van der Waals surface area contributed by atoms with Crippen molar-refractivity contribution in [2.75, 3.05) is 32.1 Å². The quantitative estimate of drug-likeness (QED) is 0.804. The van der Waals surface area contributed by atoms with Crippen LogP contribution in [0, 0.1) is 0 Å². The molecule has 0 unspecified atom stereocenters. The maximum atomic E-state index is 11.9. The van der Waals surface area contributed by atoms with Gasteiger partial charge in [-0.2, -0.15) is 5.10 Å². The molecule has 0 bridgehead atoms. The summed E-state index contributed by atoms with van der Waals surface area (Å²) in [6, 6.07) is 0.377. The van der Waals surface area contributed by atoms with E-state index in [9.17, 15) is 4.79 Å². The lowest BCUT2D eigenvalue weighted by molar-refractivity contribution is 0.181. The average Bonchev–Trinajstić information content (AvgIpc) is 2.27. The zero-order chi connectivity index (χ0) is 12.3. The molecule has 2 heterocycles. The van der Waals surface area contributed by atoms with E-state index in [4.69, 9.17) is 4.74 Å². The highest BCUT2D eigenvalue weighted by Gasteiger charge is 2.18. The lowest BCUT2D eigenvalue weighted by atomic mass is 10.2. The molecular formula is C10H15BrN4O2. The first-order valence-electron chi connectivity index (χ1n) is 5.44. The van der Waals surface area contributed by atoms with Crippen LogP contribution in [0.3, 0.4) is 0 Å². The van der Waals surface area contributed by atoms with Gasteiger partial charge in [0, 0.05) is 20.2 Å². The number of hydrogen-bond donors (Lipinski definition) is 2. The Kier molecular flexibility index (Phi) is 4.14. The lowest BCUT2D eigenvalue weighted by Gasteiger charge is -2.29. The van der Waals surface area contributed by atoms with Gasteiger partial charge in [-0.25, -0.2) is 4.68 Å². The lowest BCUT2D eigenvalue weighted by Crippen LogP contribution is -2.51. The molecule has 0 aromatic carbocycles. The topological polar surface area (TPSA) is 68.2 Å². The fourth-order valence-electron chi connectivity index (χ4n) is 1.51. The first-order chi connectivity index (χ1) is 8.22. The van der Waals surface area contributed by atoms with Crippen LogP contribution in [0.5, 0.6) is 0 Å². The van der Waals surface area contributed by atoms with Gasteiger partial charge < -0.3 is 15.4 Å². The largest absolute Gasteiger partial charge is 0.383 e. The molecule has 0 radical (unpaired) electrons. The molecule has 0 saturated carbocycles. The van der Waals surface area contributed by atoms with Gasteiger partial charge in [-0.1, -0.05) is 0 Å². The van der Waals surface area contributed by atoms with Gasteiger partial charge in [-0.15, -0.1) is 0 Å². The minimum absolute atomic E-state index is 0.140. The Morgan fingerprint density at radius 2 is 2.47 bits per heavy atom. The second kappa shape index (κ2) is 5.61. The fourth-order valence-corrected chi connectivity index (χ4v) is 1.93. The molecule has 0 spiro atoms. The molecule has 6 nitrogen and oxygen atoms in total. The van der Waals surface area contributed by atoms with E-state index in [1.54, 1.807) is 13.3 Å². The maximum Gasteiger partial charge on any atom is 0.283 e. The molecule has 0 atom stereocenters. The molecule has 17 heavy (non-hydrogen) atoms. The van der Waals surface area contributed by atoms with Crippen molar-refractivity contribution in [3.05, 3.63) is 21.0 Å². The molecule has 1 aromatic heterocycles. The number of methoxy groups -OCH3 is 1. The molecule has 1 aliphatic heterocycles. The fraction of sp³-hybridized carbons (Fsp3) is 0.600. The van der Waals surface area contributed by atoms with E-state index in [1.807, 2.05) is 0 Å². The van der Waals surface area contributed by atoms with Crippen molar-refractivity contribution in [1.29, 1.82) is 0 Å². The van der Waals surface area contributed by atoms with E-state index >= 15 is 0 Å². The minimum Gasteiger partial charge on any atom is -0.383 e. The Labute approximate surface area is 107 Å². The first kappa shape index (κ1) is 12.5. The summed E-state index contributed by atoms with van der Waals surface area (Å²) in [5.74, 6) is 0. The first-order valence-corrected chi connectivity index (χ1v) is 6.23. The number of rotatable bonds is 5. The van der Waals surface area contributed by atoms with E-state index in [0.717, 1.165) is 18.8 Å². The Morgan fingerprint density at radius 1 is 1.71 bits per heavy atom. The number of anilines is 1. The van der Waals surface area contributed by atoms with Crippen molar-refractivity contribution in [3.8, 4) is 0 Å². The molecule has 7 heteroatoms. The highest BCUT2D eigenvalue weighted by atomic mass is 79.9. The summed E-state index contributed by atoms with van der Waals surface area (Å²) in [5.41, 5.74) is 0.606. The monoisotopic (exact) mass is 302 g/mol. The SMILES string of the molecule is COCCn1ncc(NC2CNC2)c(Br)c1=O. The van der Waals surface area contributed by atoms with Crippen molar-refractivity contribution in [1.82, 2.24) is 15.1 Å². The van der Waals surface area contributed by atoms with Crippen LogP contribution < -0.4 is 16.2 Å². The zero-order valence-electron chi connectivity index (χ0n) is 9.57. The Balaban J connectivity index is 2.13. The Bertz CT molecular complexity index is 444. The van der Waals surface area contributed by atoms with Gasteiger partial charge in [0.05, 0.1) is 31.1 Å². The summed E-state index contributed by atoms with van der Waals surface area (Å²) < 4.78 is 6.83. The molecule has 1 aromatic rings. The summed E-state index contributed by atoms with van der Waals surface area (Å²) in [6.45, 7) is 2.76. The predicted octanol–water partition coefficient (Wildman–Crippen LogP) is 0.0359. The van der Waals surface area contributed by atoms with Gasteiger partial charge >= 0.3 is 0 Å². The Hall–Kier alpha value is -0.920. The molecule has 2 rings (SSSR count). The predicted molar refractivity (Wildman–Crippen MR) is 68.4 cm³/mol. The number of hydrogen-bond acceptors (Lipinski definition) is 5. The Morgan fingerprint density at radius 3 is 3.06 bits per heavy atom. The van der Waals surface area contributed by atoms with Crippen LogP contribution in [-0.4, -0.2) is 42.6 Å². The van der Waals surface area contributed by atoms with E-state index in [0.29, 0.717) is 23.7 Å². The van der Waals surface area contributed by atoms with Crippen LogP contribution in [0.2, 0.25) is 0 Å². The number of nitrogens with zero attached hydrogens (tertiary/aromatic N) is 2. The molecule has 2 N–H and O–H groups in total. The van der Waals surface area contributed by atoms with Crippen LogP contribution in [0.15, 0.2) is 15.5 Å². The van der Waals surface area contributed by atoms with Crippen LogP contribution in [0.1, 0.15) is 0 Å². The summed E-state index contributed by atoms with van der Waals surface area (Å²) >= 11 is 3.31. The average molecular weight is 303 g/mol. The smallest absolute Gasteiger partial charge is 0.283 e. The normalized spacial score (nSPS) is 15.6. The van der Waals surface area contributed by atoms with Crippen molar-refractivity contribution in [3.63, 3.8) is 0 Å². The number of nitrogens with one attached hydrogen (secondary N) is 2. The highest BCUT2D eigenvalue weighted by Crippen LogP contribution is 2.17. The summed E-state index contributed by atoms with van der Waals surface area (Å²) in [6.07, 6.45) is 1.67. The van der Waals surface area contributed by atoms with Crippen LogP contribution in [-0.2, 0) is 11.3 Å². The van der Waals surface area contributed by atoms with Gasteiger partial charge in [-0.3, -0.25) is 4.79 Å². The summed E-state index contributed by atoms with van der Waals surface area (Å²) in [4.78, 5) is 11.9. The maximum absolute atomic E-state index is 11.9. The van der Waals surface area contributed by atoms with Gasteiger partial charge in [-0.05, 0) is 15.9 Å². The van der Waals surface area contributed by atoms with E-state index < -0.39 is 0 Å². The van der Waals surface area contributed by atoms with Gasteiger partial charge in [0.2, 0.25) is 0 Å². The van der Waals surface area contributed by atoms with Gasteiger partial charge in [0.25, 0.3) is 5.56 Å². The number of halogens is 1. The third-order valence-corrected chi connectivity index (χ3v) is 3.40. The summed E-state index contributed by atoms with van der Waals surface area (Å²) in [7, 11) is 1.60. The molecule has 1 fully saturated rings. The summed E-state index contributed by atoms with van der Waals surface area (Å²) in [5, 5.41) is 10.5. The minimum atomic E-state index is -0.140. The van der Waals surface area contributed by atoms with E-state index in [2.05, 4.69) is 31.7 Å². The van der Waals surface area contributed by atoms with E-state index in [-0.39, 0.29) is 5.56 Å². The molecule has 94 valence electrons. The van der Waals surface area contributed by atoms with Crippen LogP contribution in [0.4, 0.5) is 5.69 Å². The van der Waals surface area contributed by atoms with Crippen LogP contribution >= 0.6 is 15.9 Å². The third kappa shape index (κ3) is 2.85. The molecule has 1 saturated heterocycles. The third-order valence-electron chi connectivity index (χ3n) is 2.63. The molecule has 1 aliphatic rings. The number of ether oxygens (including phenoxy) is 1. The molecular weight excluding hydrogens is 288 g/mol.